The van der Waals surface area contributed by atoms with Gasteiger partial charge in [0.2, 0.25) is 0 Å². The standard InChI is InChI=1S/C16H23NO2/c1-10(2)17-9-13(16(4,5)15(18)19)12-8-11(3)6-7-14(12)17/h6-8,10,13H,9H2,1-5H3,(H,18,19). The molecule has 0 fully saturated rings. The zero-order chi connectivity index (χ0) is 14.4. The Labute approximate surface area is 115 Å². The number of benzene rings is 1. The molecule has 1 aliphatic rings. The normalized spacial score (nSPS) is 18.8. The third-order valence-electron chi connectivity index (χ3n) is 4.29. The van der Waals surface area contributed by atoms with Crippen LogP contribution in [0.5, 0.6) is 0 Å². The molecular formula is C16H23NO2. The van der Waals surface area contributed by atoms with E-state index in [1.807, 2.05) is 13.8 Å². The number of aliphatic carboxylic acids is 1. The second-order valence-corrected chi connectivity index (χ2v) is 6.39. The molecule has 0 aromatic heterocycles. The highest BCUT2D eigenvalue weighted by Crippen LogP contribution is 2.47. The zero-order valence-corrected chi connectivity index (χ0v) is 12.4. The van der Waals surface area contributed by atoms with Gasteiger partial charge < -0.3 is 10.0 Å². The molecule has 0 saturated carbocycles. The second kappa shape index (κ2) is 4.55. The number of hydrogen-bond donors (Lipinski definition) is 1. The van der Waals surface area contributed by atoms with Crippen molar-refractivity contribution in [3.8, 4) is 0 Å². The summed E-state index contributed by atoms with van der Waals surface area (Å²) in [6.45, 7) is 10.8. The van der Waals surface area contributed by atoms with E-state index < -0.39 is 11.4 Å². The minimum Gasteiger partial charge on any atom is -0.481 e. The molecule has 1 N–H and O–H groups in total. The van der Waals surface area contributed by atoms with Gasteiger partial charge in [0.15, 0.2) is 0 Å². The highest BCUT2D eigenvalue weighted by molar-refractivity contribution is 5.77. The topological polar surface area (TPSA) is 40.5 Å². The molecule has 0 aliphatic carbocycles. The molecule has 3 heteroatoms. The van der Waals surface area contributed by atoms with Crippen molar-refractivity contribution < 1.29 is 9.90 Å². The van der Waals surface area contributed by atoms with Gasteiger partial charge in [0.1, 0.15) is 0 Å². The third-order valence-corrected chi connectivity index (χ3v) is 4.29. The summed E-state index contributed by atoms with van der Waals surface area (Å²) in [6.07, 6.45) is 0. The molecule has 1 unspecified atom stereocenters. The lowest BCUT2D eigenvalue weighted by Crippen LogP contribution is -2.36. The van der Waals surface area contributed by atoms with Gasteiger partial charge in [0, 0.05) is 24.2 Å². The van der Waals surface area contributed by atoms with Crippen molar-refractivity contribution in [3.05, 3.63) is 29.3 Å². The Bertz CT molecular complexity index is 505. The van der Waals surface area contributed by atoms with Crippen LogP contribution < -0.4 is 4.90 Å². The molecule has 2 rings (SSSR count). The van der Waals surface area contributed by atoms with Crippen molar-refractivity contribution in [2.75, 3.05) is 11.4 Å². The van der Waals surface area contributed by atoms with Gasteiger partial charge in [-0.05, 0) is 46.2 Å². The number of hydrogen-bond acceptors (Lipinski definition) is 2. The lowest BCUT2D eigenvalue weighted by atomic mass is 9.76. The van der Waals surface area contributed by atoms with E-state index in [0.29, 0.717) is 6.04 Å². The Morgan fingerprint density at radius 3 is 2.58 bits per heavy atom. The Morgan fingerprint density at radius 1 is 1.42 bits per heavy atom. The summed E-state index contributed by atoms with van der Waals surface area (Å²) in [6, 6.07) is 6.76. The molecule has 0 bridgehead atoms. The molecule has 1 aromatic carbocycles. The fourth-order valence-electron chi connectivity index (χ4n) is 2.86. The van der Waals surface area contributed by atoms with E-state index in [4.69, 9.17) is 0 Å². The highest BCUT2D eigenvalue weighted by Gasteiger charge is 2.44. The first-order chi connectivity index (χ1) is 8.75. The lowest BCUT2D eigenvalue weighted by Gasteiger charge is -2.29. The fourth-order valence-corrected chi connectivity index (χ4v) is 2.86. The number of carboxylic acids is 1. The average molecular weight is 261 g/mol. The number of anilines is 1. The van der Waals surface area contributed by atoms with Crippen LogP contribution in [0.2, 0.25) is 0 Å². The Morgan fingerprint density at radius 2 is 2.05 bits per heavy atom. The van der Waals surface area contributed by atoms with Crippen molar-refractivity contribution in [2.24, 2.45) is 5.41 Å². The molecule has 0 spiro atoms. The van der Waals surface area contributed by atoms with Crippen LogP contribution in [0.1, 0.15) is 44.7 Å². The average Bonchev–Trinajstić information content (AvgIpc) is 2.67. The summed E-state index contributed by atoms with van der Waals surface area (Å²) < 4.78 is 0. The summed E-state index contributed by atoms with van der Waals surface area (Å²) >= 11 is 0. The molecule has 1 aromatic rings. The van der Waals surface area contributed by atoms with Crippen LogP contribution in [0.15, 0.2) is 18.2 Å². The molecular weight excluding hydrogens is 238 g/mol. The summed E-state index contributed by atoms with van der Waals surface area (Å²) in [7, 11) is 0. The first-order valence-electron chi connectivity index (χ1n) is 6.85. The number of rotatable bonds is 3. The Hall–Kier alpha value is -1.51. The quantitative estimate of drug-likeness (QED) is 0.906. The molecule has 19 heavy (non-hydrogen) atoms. The van der Waals surface area contributed by atoms with E-state index in [9.17, 15) is 9.90 Å². The molecule has 104 valence electrons. The summed E-state index contributed by atoms with van der Waals surface area (Å²) in [5, 5.41) is 9.50. The van der Waals surface area contributed by atoms with Crippen molar-refractivity contribution in [3.63, 3.8) is 0 Å². The maximum atomic E-state index is 11.6. The molecule has 0 radical (unpaired) electrons. The van der Waals surface area contributed by atoms with Crippen molar-refractivity contribution in [2.45, 2.75) is 46.6 Å². The minimum atomic E-state index is -0.744. The number of carboxylic acid groups (broad SMARTS) is 1. The SMILES string of the molecule is Cc1ccc2c(c1)C(C(C)(C)C(=O)O)CN2C(C)C. The van der Waals surface area contributed by atoms with E-state index in [1.165, 1.54) is 16.8 Å². The molecule has 0 saturated heterocycles. The third kappa shape index (κ3) is 2.22. The predicted molar refractivity (Wildman–Crippen MR) is 77.8 cm³/mol. The first-order valence-corrected chi connectivity index (χ1v) is 6.85. The van der Waals surface area contributed by atoms with Crippen molar-refractivity contribution in [1.29, 1.82) is 0 Å². The van der Waals surface area contributed by atoms with Crippen LogP contribution in [0.25, 0.3) is 0 Å². The van der Waals surface area contributed by atoms with Crippen molar-refractivity contribution in [1.82, 2.24) is 0 Å². The van der Waals surface area contributed by atoms with Crippen LogP contribution in [0.4, 0.5) is 5.69 Å². The van der Waals surface area contributed by atoms with E-state index in [2.05, 4.69) is 43.9 Å². The van der Waals surface area contributed by atoms with E-state index in [0.717, 1.165) is 6.54 Å². The number of carbonyl (C=O) groups is 1. The van der Waals surface area contributed by atoms with Gasteiger partial charge in [-0.25, -0.2) is 0 Å². The van der Waals surface area contributed by atoms with Gasteiger partial charge in [-0.2, -0.15) is 0 Å². The zero-order valence-electron chi connectivity index (χ0n) is 12.4. The van der Waals surface area contributed by atoms with Gasteiger partial charge in [-0.1, -0.05) is 17.7 Å². The summed E-state index contributed by atoms with van der Waals surface area (Å²) in [4.78, 5) is 13.9. The number of nitrogens with zero attached hydrogens (tertiary/aromatic N) is 1. The maximum Gasteiger partial charge on any atom is 0.309 e. The van der Waals surface area contributed by atoms with E-state index in [-0.39, 0.29) is 5.92 Å². The van der Waals surface area contributed by atoms with E-state index >= 15 is 0 Å². The van der Waals surface area contributed by atoms with Gasteiger partial charge in [-0.3, -0.25) is 4.79 Å². The van der Waals surface area contributed by atoms with Gasteiger partial charge in [-0.15, -0.1) is 0 Å². The summed E-state index contributed by atoms with van der Waals surface area (Å²) in [5.74, 6) is -0.683. The van der Waals surface area contributed by atoms with Gasteiger partial charge in [0.25, 0.3) is 0 Å². The molecule has 0 amide bonds. The van der Waals surface area contributed by atoms with Crippen LogP contribution in [-0.2, 0) is 4.79 Å². The highest BCUT2D eigenvalue weighted by atomic mass is 16.4. The lowest BCUT2D eigenvalue weighted by molar-refractivity contribution is -0.148. The Balaban J connectivity index is 2.52. The fraction of sp³-hybridized carbons (Fsp3) is 0.562. The number of aryl methyl sites for hydroxylation is 1. The van der Waals surface area contributed by atoms with Crippen LogP contribution >= 0.6 is 0 Å². The molecule has 1 aliphatic heterocycles. The first kappa shape index (κ1) is 13.9. The van der Waals surface area contributed by atoms with Crippen LogP contribution in [0, 0.1) is 12.3 Å². The van der Waals surface area contributed by atoms with Gasteiger partial charge >= 0.3 is 5.97 Å². The summed E-state index contributed by atoms with van der Waals surface area (Å²) in [5.41, 5.74) is 2.82. The largest absolute Gasteiger partial charge is 0.481 e. The smallest absolute Gasteiger partial charge is 0.309 e. The molecule has 1 heterocycles. The predicted octanol–water partition coefficient (Wildman–Crippen LogP) is 3.42. The van der Waals surface area contributed by atoms with Crippen LogP contribution in [0.3, 0.4) is 0 Å². The molecule has 3 nitrogen and oxygen atoms in total. The monoisotopic (exact) mass is 261 g/mol. The second-order valence-electron chi connectivity index (χ2n) is 6.39. The maximum absolute atomic E-state index is 11.6. The van der Waals surface area contributed by atoms with Crippen LogP contribution in [-0.4, -0.2) is 23.7 Å². The minimum absolute atomic E-state index is 0.0438. The number of fused-ring (bicyclic) bond motifs is 1. The van der Waals surface area contributed by atoms with Crippen molar-refractivity contribution >= 4 is 11.7 Å². The van der Waals surface area contributed by atoms with E-state index in [1.54, 1.807) is 0 Å². The van der Waals surface area contributed by atoms with Gasteiger partial charge in [0.05, 0.1) is 5.41 Å². The molecule has 1 atom stereocenters. The Kier molecular flexibility index (Phi) is 3.33.